The molecular weight excluding hydrogens is 288 g/mol. The Morgan fingerprint density at radius 2 is 2.05 bits per heavy atom. The van der Waals surface area contributed by atoms with Crippen LogP contribution in [0.1, 0.15) is 67.0 Å². The van der Waals surface area contributed by atoms with Crippen molar-refractivity contribution < 1.29 is 4.79 Å². The Labute approximate surface area is 131 Å². The Kier molecular flexibility index (Phi) is 5.65. The van der Waals surface area contributed by atoms with Gasteiger partial charge < -0.3 is 11.1 Å². The van der Waals surface area contributed by atoms with E-state index >= 15 is 0 Å². The first-order chi connectivity index (χ1) is 9.78. The van der Waals surface area contributed by atoms with Crippen LogP contribution in [0.25, 0.3) is 0 Å². The summed E-state index contributed by atoms with van der Waals surface area (Å²) in [6, 6.07) is 1.98. The molecule has 2 fully saturated rings. The number of rotatable bonds is 5. The average Bonchev–Trinajstić information content (AvgIpc) is 3.22. The fourth-order valence-corrected chi connectivity index (χ4v) is 3.20. The number of hydrogen-bond acceptors (Lipinski definition) is 3. The highest BCUT2D eigenvalue weighted by Gasteiger charge is 2.28. The third-order valence-electron chi connectivity index (χ3n) is 4.64. The number of aromatic nitrogens is 2. The first-order valence-electron chi connectivity index (χ1n) is 7.84. The highest BCUT2D eigenvalue weighted by Crippen LogP contribution is 2.39. The van der Waals surface area contributed by atoms with Crippen LogP contribution in [0.2, 0.25) is 0 Å². The zero-order chi connectivity index (χ0) is 13.9. The number of nitrogens with one attached hydrogen (secondary N) is 2. The number of nitrogens with two attached hydrogens (primary N) is 1. The van der Waals surface area contributed by atoms with Gasteiger partial charge in [-0.3, -0.25) is 9.89 Å². The molecule has 1 atom stereocenters. The second-order valence-corrected chi connectivity index (χ2v) is 6.20. The molecule has 4 N–H and O–H groups in total. The summed E-state index contributed by atoms with van der Waals surface area (Å²) < 4.78 is 0. The van der Waals surface area contributed by atoms with E-state index in [2.05, 4.69) is 15.5 Å². The number of nitrogens with zero attached hydrogens (tertiary/aromatic N) is 1. The van der Waals surface area contributed by atoms with Gasteiger partial charge in [-0.2, -0.15) is 5.10 Å². The van der Waals surface area contributed by atoms with Crippen molar-refractivity contribution in [1.29, 1.82) is 0 Å². The Bertz CT molecular complexity index is 466. The molecular formula is C15H25ClN4O. The maximum Gasteiger partial charge on any atom is 0.272 e. The molecule has 0 radical (unpaired) electrons. The molecule has 3 rings (SSSR count). The van der Waals surface area contributed by atoms with Crippen molar-refractivity contribution in [2.75, 3.05) is 6.54 Å². The van der Waals surface area contributed by atoms with E-state index in [9.17, 15) is 4.79 Å². The summed E-state index contributed by atoms with van der Waals surface area (Å²) in [7, 11) is 0. The molecule has 2 aliphatic rings. The first kappa shape index (κ1) is 16.3. The van der Waals surface area contributed by atoms with Crippen LogP contribution in [0.3, 0.4) is 0 Å². The third-order valence-corrected chi connectivity index (χ3v) is 4.64. The fourth-order valence-electron chi connectivity index (χ4n) is 3.20. The molecule has 1 aromatic rings. The van der Waals surface area contributed by atoms with E-state index in [4.69, 9.17) is 5.73 Å². The minimum Gasteiger partial charge on any atom is -0.346 e. The van der Waals surface area contributed by atoms with Gasteiger partial charge in [0.1, 0.15) is 5.69 Å². The standard InChI is InChI=1S/C15H24N4O.ClH/c16-9-14(10-4-2-1-3-5-10)17-15(20)13-8-12(18-19-13)11-6-7-11;/h8,10-11,14H,1-7,9,16H2,(H,17,20)(H,18,19);1H. The summed E-state index contributed by atoms with van der Waals surface area (Å²) in [5, 5.41) is 10.2. The fraction of sp³-hybridized carbons (Fsp3) is 0.733. The van der Waals surface area contributed by atoms with Crippen molar-refractivity contribution in [2.45, 2.75) is 56.9 Å². The highest BCUT2D eigenvalue weighted by molar-refractivity contribution is 5.92. The molecule has 1 heterocycles. The van der Waals surface area contributed by atoms with Crippen LogP contribution in [0.5, 0.6) is 0 Å². The third kappa shape index (κ3) is 3.98. The summed E-state index contributed by atoms with van der Waals surface area (Å²) >= 11 is 0. The average molecular weight is 313 g/mol. The molecule has 0 aromatic carbocycles. The molecule has 0 aliphatic heterocycles. The molecule has 2 saturated carbocycles. The van der Waals surface area contributed by atoms with E-state index in [1.54, 1.807) is 0 Å². The molecule has 6 heteroatoms. The van der Waals surface area contributed by atoms with Gasteiger partial charge in [0.2, 0.25) is 0 Å². The summed E-state index contributed by atoms with van der Waals surface area (Å²) in [5.74, 6) is 1.03. The second-order valence-electron chi connectivity index (χ2n) is 6.20. The largest absolute Gasteiger partial charge is 0.346 e. The van der Waals surface area contributed by atoms with Crippen molar-refractivity contribution in [3.63, 3.8) is 0 Å². The highest BCUT2D eigenvalue weighted by atomic mass is 35.5. The molecule has 1 amide bonds. The number of H-pyrrole nitrogens is 1. The van der Waals surface area contributed by atoms with E-state index in [-0.39, 0.29) is 24.4 Å². The number of halogens is 1. The van der Waals surface area contributed by atoms with Gasteiger partial charge in [-0.25, -0.2) is 0 Å². The Balaban J connectivity index is 0.00000161. The lowest BCUT2D eigenvalue weighted by atomic mass is 9.84. The molecule has 0 spiro atoms. The second kappa shape index (κ2) is 7.27. The van der Waals surface area contributed by atoms with Gasteiger partial charge in [0.25, 0.3) is 5.91 Å². The Hall–Kier alpha value is -1.07. The number of carbonyl (C=O) groups is 1. The smallest absolute Gasteiger partial charge is 0.272 e. The van der Waals surface area contributed by atoms with Crippen molar-refractivity contribution in [3.8, 4) is 0 Å². The van der Waals surface area contributed by atoms with Gasteiger partial charge in [-0.1, -0.05) is 19.3 Å². The van der Waals surface area contributed by atoms with Gasteiger partial charge in [0, 0.05) is 24.2 Å². The monoisotopic (exact) mass is 312 g/mol. The van der Waals surface area contributed by atoms with Crippen LogP contribution in [-0.2, 0) is 0 Å². The molecule has 1 unspecified atom stereocenters. The van der Waals surface area contributed by atoms with E-state index in [1.165, 1.54) is 44.9 Å². The lowest BCUT2D eigenvalue weighted by Crippen LogP contribution is -2.46. The van der Waals surface area contributed by atoms with Crippen LogP contribution in [-0.4, -0.2) is 28.7 Å². The van der Waals surface area contributed by atoms with E-state index in [1.807, 2.05) is 6.07 Å². The Morgan fingerprint density at radius 3 is 2.67 bits per heavy atom. The molecule has 1 aromatic heterocycles. The zero-order valence-electron chi connectivity index (χ0n) is 12.3. The van der Waals surface area contributed by atoms with E-state index in [0.717, 1.165) is 5.69 Å². The number of hydrogen-bond donors (Lipinski definition) is 3. The molecule has 5 nitrogen and oxygen atoms in total. The zero-order valence-corrected chi connectivity index (χ0v) is 13.1. The lowest BCUT2D eigenvalue weighted by Gasteiger charge is -2.29. The predicted octanol–water partition coefficient (Wildman–Crippen LogP) is 2.35. The van der Waals surface area contributed by atoms with E-state index in [0.29, 0.717) is 24.1 Å². The molecule has 0 bridgehead atoms. The number of carbonyl (C=O) groups excluding carboxylic acids is 1. The van der Waals surface area contributed by atoms with Gasteiger partial charge in [-0.15, -0.1) is 12.4 Å². The number of aromatic amines is 1. The summed E-state index contributed by atoms with van der Waals surface area (Å²) in [6.07, 6.45) is 8.59. The number of amides is 1. The first-order valence-corrected chi connectivity index (χ1v) is 7.84. The topological polar surface area (TPSA) is 83.8 Å². The minimum atomic E-state index is -0.0887. The normalized spacial score (nSPS) is 20.6. The van der Waals surface area contributed by atoms with Crippen molar-refractivity contribution >= 4 is 18.3 Å². The van der Waals surface area contributed by atoms with Crippen molar-refractivity contribution in [1.82, 2.24) is 15.5 Å². The quantitative estimate of drug-likeness (QED) is 0.780. The van der Waals surface area contributed by atoms with Crippen LogP contribution >= 0.6 is 12.4 Å². The SMILES string of the molecule is Cl.NCC(NC(=O)c1cc(C2CC2)[nH]n1)C1CCCCC1. The molecule has 2 aliphatic carbocycles. The van der Waals surface area contributed by atoms with Crippen LogP contribution in [0.4, 0.5) is 0 Å². The maximum absolute atomic E-state index is 12.3. The maximum atomic E-state index is 12.3. The lowest BCUT2D eigenvalue weighted by molar-refractivity contribution is 0.0910. The summed E-state index contributed by atoms with van der Waals surface area (Å²) in [5.41, 5.74) is 7.45. The molecule has 21 heavy (non-hydrogen) atoms. The van der Waals surface area contributed by atoms with Crippen LogP contribution in [0.15, 0.2) is 6.07 Å². The van der Waals surface area contributed by atoms with Crippen LogP contribution < -0.4 is 11.1 Å². The van der Waals surface area contributed by atoms with Crippen molar-refractivity contribution in [3.05, 3.63) is 17.5 Å². The molecule has 0 saturated heterocycles. The summed E-state index contributed by atoms with van der Waals surface area (Å²) in [6.45, 7) is 0.510. The van der Waals surface area contributed by atoms with Gasteiger partial charge in [0.05, 0.1) is 0 Å². The van der Waals surface area contributed by atoms with Gasteiger partial charge >= 0.3 is 0 Å². The van der Waals surface area contributed by atoms with Crippen molar-refractivity contribution in [2.24, 2.45) is 11.7 Å². The van der Waals surface area contributed by atoms with E-state index < -0.39 is 0 Å². The summed E-state index contributed by atoms with van der Waals surface area (Å²) in [4.78, 5) is 12.3. The van der Waals surface area contributed by atoms with Crippen LogP contribution in [0, 0.1) is 5.92 Å². The predicted molar refractivity (Wildman–Crippen MR) is 84.7 cm³/mol. The molecule has 118 valence electrons. The minimum absolute atomic E-state index is 0. The van der Waals surface area contributed by atoms with Gasteiger partial charge in [0.15, 0.2) is 0 Å². The van der Waals surface area contributed by atoms with Gasteiger partial charge in [-0.05, 0) is 37.7 Å². The Morgan fingerprint density at radius 1 is 1.33 bits per heavy atom.